The van der Waals surface area contributed by atoms with Crippen LogP contribution in [-0.4, -0.2) is 33.8 Å². The van der Waals surface area contributed by atoms with Crippen molar-refractivity contribution in [2.24, 2.45) is 0 Å². The molecule has 2 heterocycles. The minimum Gasteiger partial charge on any atom is -0.462 e. The van der Waals surface area contributed by atoms with Crippen LogP contribution in [0.3, 0.4) is 0 Å². The molecule has 0 radical (unpaired) electrons. The molecule has 6 nitrogen and oxygen atoms in total. The van der Waals surface area contributed by atoms with Gasteiger partial charge in [-0.2, -0.15) is 5.10 Å². The predicted octanol–water partition coefficient (Wildman–Crippen LogP) is 3.29. The summed E-state index contributed by atoms with van der Waals surface area (Å²) in [4.78, 5) is 16.3. The molecule has 0 aliphatic rings. The predicted molar refractivity (Wildman–Crippen MR) is 85.5 cm³/mol. The van der Waals surface area contributed by atoms with E-state index in [1.165, 1.54) is 12.4 Å². The van der Waals surface area contributed by atoms with Crippen LogP contribution in [0, 0.1) is 6.92 Å². The SMILES string of the molecule is CCOC(=O)c1c(C)cc(Cl)nc1CNc1cnn(CC(F)F)c1. The van der Waals surface area contributed by atoms with E-state index in [4.69, 9.17) is 16.3 Å². The number of halogens is 3. The van der Waals surface area contributed by atoms with Gasteiger partial charge in [-0.05, 0) is 25.5 Å². The highest BCUT2D eigenvalue weighted by Crippen LogP contribution is 2.20. The molecule has 9 heteroatoms. The molecule has 130 valence electrons. The molecule has 2 rings (SSSR count). The average Bonchev–Trinajstić information content (AvgIpc) is 2.91. The number of carbonyl (C=O) groups is 1. The van der Waals surface area contributed by atoms with Crippen LogP contribution in [-0.2, 0) is 17.8 Å². The maximum Gasteiger partial charge on any atom is 0.340 e. The Bertz CT molecular complexity index is 721. The van der Waals surface area contributed by atoms with Gasteiger partial charge in [0.25, 0.3) is 6.43 Å². The summed E-state index contributed by atoms with van der Waals surface area (Å²) in [6, 6.07) is 1.58. The quantitative estimate of drug-likeness (QED) is 0.607. The Labute approximate surface area is 142 Å². The highest BCUT2D eigenvalue weighted by atomic mass is 35.5. The Morgan fingerprint density at radius 1 is 1.50 bits per heavy atom. The summed E-state index contributed by atoms with van der Waals surface area (Å²) in [6.07, 6.45) is 0.391. The molecule has 0 aromatic carbocycles. The summed E-state index contributed by atoms with van der Waals surface area (Å²) in [6.45, 7) is 3.39. The van der Waals surface area contributed by atoms with Crippen LogP contribution in [0.25, 0.3) is 0 Å². The van der Waals surface area contributed by atoms with E-state index in [0.717, 1.165) is 4.68 Å². The number of alkyl halides is 2. The van der Waals surface area contributed by atoms with E-state index in [2.05, 4.69) is 15.4 Å². The molecule has 0 atom stereocenters. The molecule has 0 saturated heterocycles. The Hall–Kier alpha value is -2.22. The van der Waals surface area contributed by atoms with Crippen LogP contribution in [0.5, 0.6) is 0 Å². The first kappa shape index (κ1) is 18.1. The Morgan fingerprint density at radius 2 is 2.25 bits per heavy atom. The summed E-state index contributed by atoms with van der Waals surface area (Å²) in [5.41, 5.74) is 1.94. The normalized spacial score (nSPS) is 10.9. The fourth-order valence-electron chi connectivity index (χ4n) is 2.19. The van der Waals surface area contributed by atoms with Crippen molar-refractivity contribution >= 4 is 23.3 Å². The van der Waals surface area contributed by atoms with Gasteiger partial charge in [-0.3, -0.25) is 4.68 Å². The van der Waals surface area contributed by atoms with E-state index in [9.17, 15) is 13.6 Å². The van der Waals surface area contributed by atoms with Crippen LogP contribution in [0.15, 0.2) is 18.5 Å². The van der Waals surface area contributed by atoms with Crippen molar-refractivity contribution in [3.63, 3.8) is 0 Å². The largest absolute Gasteiger partial charge is 0.462 e. The number of pyridine rings is 1. The molecular formula is C15H17ClF2N4O2. The zero-order valence-corrected chi connectivity index (χ0v) is 14.0. The molecule has 0 aliphatic carbocycles. The number of aromatic nitrogens is 3. The molecule has 0 amide bonds. The van der Waals surface area contributed by atoms with Gasteiger partial charge in [0.2, 0.25) is 0 Å². The summed E-state index contributed by atoms with van der Waals surface area (Å²) in [5.74, 6) is -0.482. The van der Waals surface area contributed by atoms with Crippen molar-refractivity contribution in [2.45, 2.75) is 33.4 Å². The van der Waals surface area contributed by atoms with Gasteiger partial charge in [0.15, 0.2) is 0 Å². The monoisotopic (exact) mass is 358 g/mol. The number of hydrogen-bond donors (Lipinski definition) is 1. The number of anilines is 1. The van der Waals surface area contributed by atoms with Crippen molar-refractivity contribution in [3.8, 4) is 0 Å². The van der Waals surface area contributed by atoms with E-state index in [0.29, 0.717) is 22.5 Å². The van der Waals surface area contributed by atoms with Crippen LogP contribution < -0.4 is 5.32 Å². The molecule has 2 aromatic heterocycles. The fraction of sp³-hybridized carbons (Fsp3) is 0.400. The molecule has 0 saturated carbocycles. The van der Waals surface area contributed by atoms with E-state index in [1.807, 2.05) is 0 Å². The Morgan fingerprint density at radius 3 is 2.92 bits per heavy atom. The second-order valence-electron chi connectivity index (χ2n) is 5.00. The number of aryl methyl sites for hydroxylation is 1. The van der Waals surface area contributed by atoms with Crippen LogP contribution in [0.4, 0.5) is 14.5 Å². The Balaban J connectivity index is 2.16. The lowest BCUT2D eigenvalue weighted by Gasteiger charge is -2.12. The fourth-order valence-corrected chi connectivity index (χ4v) is 2.45. The van der Waals surface area contributed by atoms with Crippen molar-refractivity contribution in [3.05, 3.63) is 40.4 Å². The number of ether oxygens (including phenoxy) is 1. The number of esters is 1. The van der Waals surface area contributed by atoms with Crippen molar-refractivity contribution in [1.29, 1.82) is 0 Å². The van der Waals surface area contributed by atoms with Gasteiger partial charge in [-0.25, -0.2) is 18.6 Å². The third-order valence-corrected chi connectivity index (χ3v) is 3.35. The van der Waals surface area contributed by atoms with Crippen molar-refractivity contribution < 1.29 is 18.3 Å². The summed E-state index contributed by atoms with van der Waals surface area (Å²) < 4.78 is 30.8. The van der Waals surface area contributed by atoms with Crippen molar-refractivity contribution in [1.82, 2.24) is 14.8 Å². The maximum atomic E-state index is 12.3. The van der Waals surface area contributed by atoms with E-state index in [1.54, 1.807) is 19.9 Å². The van der Waals surface area contributed by atoms with Gasteiger partial charge < -0.3 is 10.1 Å². The highest BCUT2D eigenvalue weighted by Gasteiger charge is 2.18. The van der Waals surface area contributed by atoms with Gasteiger partial charge >= 0.3 is 5.97 Å². The van der Waals surface area contributed by atoms with Crippen LogP contribution in [0.2, 0.25) is 5.15 Å². The summed E-state index contributed by atoms with van der Waals surface area (Å²) >= 11 is 5.96. The van der Waals surface area contributed by atoms with Crippen molar-refractivity contribution in [2.75, 3.05) is 11.9 Å². The smallest absolute Gasteiger partial charge is 0.340 e. The lowest BCUT2D eigenvalue weighted by Crippen LogP contribution is -2.14. The average molecular weight is 359 g/mol. The summed E-state index contributed by atoms with van der Waals surface area (Å²) in [5, 5.41) is 7.07. The number of nitrogens with one attached hydrogen (secondary N) is 1. The van der Waals surface area contributed by atoms with Gasteiger partial charge in [0, 0.05) is 6.20 Å². The standard InChI is InChI=1S/C15H17ClF2N4O2/c1-3-24-15(23)14-9(2)4-12(16)21-11(14)6-19-10-5-20-22(7-10)8-13(17)18/h4-5,7,13,19H,3,6,8H2,1-2H3. The minimum absolute atomic E-state index is 0.177. The van der Waals surface area contributed by atoms with Crippen LogP contribution >= 0.6 is 11.6 Å². The number of nitrogens with zero attached hydrogens (tertiary/aromatic N) is 3. The molecule has 0 bridgehead atoms. The Kier molecular flexibility index (Phi) is 6.08. The third-order valence-electron chi connectivity index (χ3n) is 3.16. The second kappa shape index (κ2) is 8.05. The molecular weight excluding hydrogens is 342 g/mol. The van der Waals surface area contributed by atoms with Gasteiger partial charge in [-0.1, -0.05) is 11.6 Å². The third kappa shape index (κ3) is 4.64. The van der Waals surface area contributed by atoms with Gasteiger partial charge in [0.1, 0.15) is 11.7 Å². The number of hydrogen-bond acceptors (Lipinski definition) is 5. The molecule has 0 aliphatic heterocycles. The maximum absolute atomic E-state index is 12.3. The summed E-state index contributed by atoms with van der Waals surface area (Å²) in [7, 11) is 0. The van der Waals surface area contributed by atoms with Gasteiger partial charge in [0.05, 0.1) is 36.3 Å². The molecule has 2 aromatic rings. The zero-order valence-electron chi connectivity index (χ0n) is 13.2. The van der Waals surface area contributed by atoms with E-state index in [-0.39, 0.29) is 18.3 Å². The van der Waals surface area contributed by atoms with Gasteiger partial charge in [-0.15, -0.1) is 0 Å². The lowest BCUT2D eigenvalue weighted by atomic mass is 10.1. The van der Waals surface area contributed by atoms with E-state index < -0.39 is 18.9 Å². The van der Waals surface area contributed by atoms with Crippen LogP contribution in [0.1, 0.15) is 28.5 Å². The first-order valence-corrected chi connectivity index (χ1v) is 7.66. The topological polar surface area (TPSA) is 69.0 Å². The molecule has 1 N–H and O–H groups in total. The molecule has 0 fully saturated rings. The number of rotatable bonds is 7. The highest BCUT2D eigenvalue weighted by molar-refractivity contribution is 6.29. The second-order valence-corrected chi connectivity index (χ2v) is 5.39. The zero-order chi connectivity index (χ0) is 17.7. The first-order chi connectivity index (χ1) is 11.4. The lowest BCUT2D eigenvalue weighted by molar-refractivity contribution is 0.0523. The molecule has 0 spiro atoms. The molecule has 24 heavy (non-hydrogen) atoms. The minimum atomic E-state index is -2.48. The van der Waals surface area contributed by atoms with E-state index >= 15 is 0 Å². The molecule has 0 unspecified atom stereocenters. The number of carbonyl (C=O) groups excluding carboxylic acids is 1. The first-order valence-electron chi connectivity index (χ1n) is 7.28.